The van der Waals surface area contributed by atoms with E-state index in [1.165, 1.54) is 6.07 Å². The number of nitrogens with two attached hydrogens (primary N) is 1. The number of pyridine rings is 2. The number of H-pyrrole nitrogens is 2. The van der Waals surface area contributed by atoms with Crippen LogP contribution in [0.2, 0.25) is 0 Å². The number of halogens is 1. The van der Waals surface area contributed by atoms with E-state index in [-0.39, 0.29) is 5.75 Å². The van der Waals surface area contributed by atoms with Crippen LogP contribution in [0.25, 0.3) is 55.7 Å². The first-order valence-electron chi connectivity index (χ1n) is 10.2. The van der Waals surface area contributed by atoms with Gasteiger partial charge in [-0.2, -0.15) is 5.10 Å². The normalized spacial score (nSPS) is 11.4. The maximum Gasteiger partial charge on any atom is 0.135 e. The van der Waals surface area contributed by atoms with Crippen LogP contribution in [0.4, 0.5) is 10.1 Å². The zero-order chi connectivity index (χ0) is 22.5. The number of nitrogen functional groups attached to an aromatic ring is 1. The van der Waals surface area contributed by atoms with Crippen LogP contribution in [0.15, 0.2) is 73.1 Å². The number of fused-ring (bicyclic) bond motifs is 2. The fourth-order valence-electron chi connectivity index (χ4n) is 4.11. The molecule has 0 saturated carbocycles. The number of hydrogen-bond donors (Lipinski definition) is 4. The molecule has 0 spiro atoms. The number of aromatic nitrogens is 5. The van der Waals surface area contributed by atoms with Gasteiger partial charge in [0.15, 0.2) is 0 Å². The molecule has 4 heterocycles. The molecular weight excluding hydrogens is 419 g/mol. The van der Waals surface area contributed by atoms with Crippen molar-refractivity contribution in [2.75, 3.05) is 5.73 Å². The van der Waals surface area contributed by atoms with E-state index in [0.29, 0.717) is 22.5 Å². The lowest BCUT2D eigenvalue weighted by Gasteiger charge is -2.05. The van der Waals surface area contributed by atoms with E-state index in [9.17, 15) is 9.50 Å². The van der Waals surface area contributed by atoms with E-state index in [2.05, 4.69) is 20.2 Å². The van der Waals surface area contributed by atoms with E-state index >= 15 is 0 Å². The van der Waals surface area contributed by atoms with Crippen LogP contribution < -0.4 is 5.73 Å². The summed E-state index contributed by atoms with van der Waals surface area (Å²) in [6.45, 7) is 0. The number of hydrogen-bond acceptors (Lipinski definition) is 5. The Morgan fingerprint density at radius 1 is 0.909 bits per heavy atom. The predicted molar refractivity (Wildman–Crippen MR) is 126 cm³/mol. The maximum atomic E-state index is 13.9. The van der Waals surface area contributed by atoms with Gasteiger partial charge in [0.1, 0.15) is 22.8 Å². The summed E-state index contributed by atoms with van der Waals surface area (Å²) >= 11 is 0. The van der Waals surface area contributed by atoms with Crippen LogP contribution in [0.1, 0.15) is 0 Å². The second kappa shape index (κ2) is 7.16. The number of anilines is 1. The summed E-state index contributed by atoms with van der Waals surface area (Å²) in [6, 6.07) is 17.3. The summed E-state index contributed by atoms with van der Waals surface area (Å²) < 4.78 is 13.9. The minimum Gasteiger partial charge on any atom is -0.508 e. The highest BCUT2D eigenvalue weighted by atomic mass is 19.1. The van der Waals surface area contributed by atoms with Gasteiger partial charge in [0, 0.05) is 34.9 Å². The summed E-state index contributed by atoms with van der Waals surface area (Å²) in [4.78, 5) is 12.3. The molecule has 0 aliphatic heterocycles. The third-order valence-corrected chi connectivity index (χ3v) is 5.58. The Morgan fingerprint density at radius 2 is 1.82 bits per heavy atom. The SMILES string of the molecule is Nc1cncc(-c2ccc3[nH]nc(-c4cc5c(-c6cc(O)cc(F)c6)cccc5[nH]4)c3n2)c1. The number of aromatic hydroxyl groups is 1. The molecule has 0 fully saturated rings. The van der Waals surface area contributed by atoms with Crippen molar-refractivity contribution in [3.8, 4) is 39.5 Å². The molecule has 7 nitrogen and oxygen atoms in total. The molecule has 0 bridgehead atoms. The molecule has 2 aromatic carbocycles. The average molecular weight is 436 g/mol. The Morgan fingerprint density at radius 3 is 2.67 bits per heavy atom. The molecule has 8 heteroatoms. The summed E-state index contributed by atoms with van der Waals surface area (Å²) in [5.74, 6) is -0.618. The molecule has 6 rings (SSSR count). The molecule has 0 aliphatic carbocycles. The van der Waals surface area contributed by atoms with Gasteiger partial charge in [-0.1, -0.05) is 12.1 Å². The predicted octanol–water partition coefficient (Wildman–Crippen LogP) is 5.26. The van der Waals surface area contributed by atoms with Crippen LogP contribution in [0.3, 0.4) is 0 Å². The number of nitrogens with zero attached hydrogens (tertiary/aromatic N) is 3. The number of phenols is 1. The third-order valence-electron chi connectivity index (χ3n) is 5.58. The highest BCUT2D eigenvalue weighted by Gasteiger charge is 2.16. The smallest absolute Gasteiger partial charge is 0.135 e. The summed E-state index contributed by atoms with van der Waals surface area (Å²) in [6.07, 6.45) is 3.31. The van der Waals surface area contributed by atoms with Crippen molar-refractivity contribution in [2.45, 2.75) is 0 Å². The molecule has 5 N–H and O–H groups in total. The van der Waals surface area contributed by atoms with Crippen LogP contribution in [0, 0.1) is 5.82 Å². The number of benzene rings is 2. The molecule has 4 aromatic heterocycles. The zero-order valence-corrected chi connectivity index (χ0v) is 17.2. The van der Waals surface area contributed by atoms with Crippen LogP contribution >= 0.6 is 0 Å². The van der Waals surface area contributed by atoms with Gasteiger partial charge in [0.2, 0.25) is 0 Å². The van der Waals surface area contributed by atoms with Crippen molar-refractivity contribution in [1.29, 1.82) is 0 Å². The highest BCUT2D eigenvalue weighted by molar-refractivity contribution is 6.00. The van der Waals surface area contributed by atoms with Crippen molar-refractivity contribution < 1.29 is 9.50 Å². The topological polar surface area (TPSA) is 117 Å². The minimum absolute atomic E-state index is 0.121. The molecule has 0 aliphatic rings. The number of aromatic amines is 2. The summed E-state index contributed by atoms with van der Waals surface area (Å²) in [7, 11) is 0. The largest absolute Gasteiger partial charge is 0.508 e. The Bertz CT molecular complexity index is 1650. The van der Waals surface area contributed by atoms with E-state index < -0.39 is 5.82 Å². The Hall–Kier alpha value is -4.72. The standard InChI is InChI=1S/C25H17FN6O/c26-15-6-13(8-17(33)9-15)18-2-1-3-21-19(18)10-23(29-21)25-24-22(31-32-25)5-4-20(30-24)14-7-16(27)12-28-11-14/h1-12,29,33H,27H2,(H,31,32). The van der Waals surface area contributed by atoms with Gasteiger partial charge in [-0.05, 0) is 53.6 Å². The van der Waals surface area contributed by atoms with Gasteiger partial charge in [0.05, 0.1) is 22.6 Å². The quantitative estimate of drug-likeness (QED) is 0.302. The van der Waals surface area contributed by atoms with Crippen molar-refractivity contribution in [3.05, 3.63) is 78.9 Å². The zero-order valence-electron chi connectivity index (χ0n) is 17.2. The van der Waals surface area contributed by atoms with E-state index in [1.807, 2.05) is 42.5 Å². The van der Waals surface area contributed by atoms with Crippen molar-refractivity contribution >= 4 is 27.6 Å². The Kier molecular flexibility index (Phi) is 4.13. The van der Waals surface area contributed by atoms with E-state index in [0.717, 1.165) is 45.0 Å². The third kappa shape index (κ3) is 3.25. The first-order chi connectivity index (χ1) is 16.0. The van der Waals surface area contributed by atoms with Gasteiger partial charge in [-0.15, -0.1) is 0 Å². The van der Waals surface area contributed by atoms with Crippen LogP contribution in [-0.4, -0.2) is 30.3 Å². The molecule has 33 heavy (non-hydrogen) atoms. The van der Waals surface area contributed by atoms with Gasteiger partial charge in [0.25, 0.3) is 0 Å². The van der Waals surface area contributed by atoms with Gasteiger partial charge in [-0.3, -0.25) is 10.1 Å². The molecular formula is C25H17FN6O. The van der Waals surface area contributed by atoms with Gasteiger partial charge >= 0.3 is 0 Å². The van der Waals surface area contributed by atoms with Crippen molar-refractivity contribution in [1.82, 2.24) is 25.1 Å². The first kappa shape index (κ1) is 19.0. The van der Waals surface area contributed by atoms with Crippen molar-refractivity contribution in [3.63, 3.8) is 0 Å². The number of nitrogens with one attached hydrogen (secondary N) is 2. The van der Waals surface area contributed by atoms with Crippen LogP contribution in [-0.2, 0) is 0 Å². The Labute approximate surface area is 186 Å². The molecule has 6 aromatic rings. The molecule has 0 saturated heterocycles. The maximum absolute atomic E-state index is 13.9. The van der Waals surface area contributed by atoms with E-state index in [4.69, 9.17) is 10.7 Å². The minimum atomic E-state index is -0.496. The Balaban J connectivity index is 1.51. The molecule has 160 valence electrons. The first-order valence-corrected chi connectivity index (χ1v) is 10.2. The molecule has 0 atom stereocenters. The summed E-state index contributed by atoms with van der Waals surface area (Å²) in [5.41, 5.74) is 13.1. The van der Waals surface area contributed by atoms with Gasteiger partial charge in [-0.25, -0.2) is 9.37 Å². The lowest BCUT2D eigenvalue weighted by molar-refractivity contribution is 0.469. The molecule has 0 amide bonds. The lowest BCUT2D eigenvalue weighted by Crippen LogP contribution is -1.90. The monoisotopic (exact) mass is 436 g/mol. The van der Waals surface area contributed by atoms with Crippen molar-refractivity contribution in [2.24, 2.45) is 0 Å². The van der Waals surface area contributed by atoms with Gasteiger partial charge < -0.3 is 15.8 Å². The second-order valence-corrected chi connectivity index (χ2v) is 7.82. The molecule has 0 unspecified atom stereocenters. The number of rotatable bonds is 3. The summed E-state index contributed by atoms with van der Waals surface area (Å²) in [5, 5.41) is 18.2. The fourth-order valence-corrected chi connectivity index (χ4v) is 4.11. The lowest BCUT2D eigenvalue weighted by atomic mass is 10.0. The fraction of sp³-hybridized carbons (Fsp3) is 0. The van der Waals surface area contributed by atoms with E-state index in [1.54, 1.807) is 18.5 Å². The average Bonchev–Trinajstić information content (AvgIpc) is 3.41. The highest BCUT2D eigenvalue weighted by Crippen LogP contribution is 2.35. The van der Waals surface area contributed by atoms with Crippen LogP contribution in [0.5, 0.6) is 5.75 Å². The second-order valence-electron chi connectivity index (χ2n) is 7.82. The number of phenolic OH excluding ortho intramolecular Hbond substituents is 1. The molecule has 0 radical (unpaired) electrons.